The number of carbonyl (C=O) groups excluding carboxylic acids is 1. The Balaban J connectivity index is 1.60. The normalized spacial score (nSPS) is 17.6. The van der Waals surface area contributed by atoms with E-state index < -0.39 is 0 Å². The maximum Gasteiger partial charge on any atom is 0.251 e. The standard InChI is InChI=1S/C15H16N2O4/c18-15(17-9-12-2-1-6-20-12)11-3-5-16-14(8-11)21-13-4-7-19-10-13/h1-3,5-6,8,13H,4,7,9-10H2,(H,17,18)/t13-/m0/s1. The van der Waals surface area contributed by atoms with Gasteiger partial charge in [-0.1, -0.05) is 0 Å². The van der Waals surface area contributed by atoms with Gasteiger partial charge >= 0.3 is 0 Å². The van der Waals surface area contributed by atoms with E-state index in [0.29, 0.717) is 37.0 Å². The summed E-state index contributed by atoms with van der Waals surface area (Å²) in [6.45, 7) is 1.62. The lowest BCUT2D eigenvalue weighted by Gasteiger charge is -2.11. The van der Waals surface area contributed by atoms with Crippen LogP contribution in [0, 0.1) is 0 Å². The van der Waals surface area contributed by atoms with Gasteiger partial charge in [0.2, 0.25) is 5.88 Å². The summed E-state index contributed by atoms with van der Waals surface area (Å²) in [5, 5.41) is 2.78. The molecule has 3 rings (SSSR count). The Morgan fingerprint density at radius 1 is 1.48 bits per heavy atom. The fourth-order valence-corrected chi connectivity index (χ4v) is 2.07. The first-order chi connectivity index (χ1) is 10.3. The molecule has 1 fully saturated rings. The highest BCUT2D eigenvalue weighted by atomic mass is 16.5. The molecule has 0 aromatic carbocycles. The summed E-state index contributed by atoms with van der Waals surface area (Å²) in [4.78, 5) is 16.2. The summed E-state index contributed by atoms with van der Waals surface area (Å²) in [6.07, 6.45) is 3.99. The third-order valence-corrected chi connectivity index (χ3v) is 3.18. The maximum absolute atomic E-state index is 12.1. The molecular weight excluding hydrogens is 272 g/mol. The second kappa shape index (κ2) is 6.41. The molecule has 0 saturated carbocycles. The molecule has 0 bridgehead atoms. The highest BCUT2D eigenvalue weighted by Gasteiger charge is 2.18. The number of hydrogen-bond acceptors (Lipinski definition) is 5. The predicted molar refractivity (Wildman–Crippen MR) is 74.0 cm³/mol. The number of ether oxygens (including phenoxy) is 2. The Bertz CT molecular complexity index is 591. The van der Waals surface area contributed by atoms with Gasteiger partial charge in [0, 0.05) is 24.2 Å². The van der Waals surface area contributed by atoms with Gasteiger partial charge in [-0.15, -0.1) is 0 Å². The maximum atomic E-state index is 12.1. The number of aromatic nitrogens is 1. The first kappa shape index (κ1) is 13.6. The van der Waals surface area contributed by atoms with E-state index in [1.54, 1.807) is 30.7 Å². The molecule has 1 aliphatic rings. The molecule has 6 heteroatoms. The number of nitrogens with zero attached hydrogens (tertiary/aromatic N) is 1. The van der Waals surface area contributed by atoms with E-state index in [4.69, 9.17) is 13.9 Å². The van der Waals surface area contributed by atoms with Crippen LogP contribution in [0.1, 0.15) is 22.5 Å². The molecule has 0 radical (unpaired) electrons. The molecule has 1 amide bonds. The van der Waals surface area contributed by atoms with Crippen molar-refractivity contribution < 1.29 is 18.7 Å². The Labute approximate surface area is 122 Å². The summed E-state index contributed by atoms with van der Waals surface area (Å²) in [5.74, 6) is 0.953. The van der Waals surface area contributed by atoms with Crippen molar-refractivity contribution >= 4 is 5.91 Å². The zero-order chi connectivity index (χ0) is 14.5. The topological polar surface area (TPSA) is 73.6 Å². The lowest BCUT2D eigenvalue weighted by Crippen LogP contribution is -2.23. The molecule has 3 heterocycles. The van der Waals surface area contributed by atoms with Crippen molar-refractivity contribution in [1.29, 1.82) is 0 Å². The van der Waals surface area contributed by atoms with Gasteiger partial charge in [0.05, 0.1) is 26.0 Å². The number of amides is 1. The van der Waals surface area contributed by atoms with Crippen LogP contribution in [0.3, 0.4) is 0 Å². The minimum Gasteiger partial charge on any atom is -0.472 e. The number of rotatable bonds is 5. The van der Waals surface area contributed by atoms with Gasteiger partial charge in [-0.25, -0.2) is 4.98 Å². The number of hydrogen-bond donors (Lipinski definition) is 1. The monoisotopic (exact) mass is 288 g/mol. The van der Waals surface area contributed by atoms with Gasteiger partial charge in [-0.3, -0.25) is 4.79 Å². The Kier molecular flexibility index (Phi) is 4.16. The Hall–Kier alpha value is -2.34. The smallest absolute Gasteiger partial charge is 0.251 e. The highest BCUT2D eigenvalue weighted by molar-refractivity contribution is 5.94. The number of nitrogens with one attached hydrogen (secondary N) is 1. The molecule has 1 aliphatic heterocycles. The molecule has 2 aromatic heterocycles. The van der Waals surface area contributed by atoms with Crippen LogP contribution in [-0.4, -0.2) is 30.2 Å². The minimum atomic E-state index is -0.193. The van der Waals surface area contributed by atoms with Crippen molar-refractivity contribution in [3.63, 3.8) is 0 Å². The second-order valence-electron chi connectivity index (χ2n) is 4.75. The number of furan rings is 1. The van der Waals surface area contributed by atoms with Crippen LogP contribution >= 0.6 is 0 Å². The summed E-state index contributed by atoms with van der Waals surface area (Å²) >= 11 is 0. The van der Waals surface area contributed by atoms with Crippen molar-refractivity contribution in [2.45, 2.75) is 19.1 Å². The summed E-state index contributed by atoms with van der Waals surface area (Å²) in [5.41, 5.74) is 0.505. The predicted octanol–water partition coefficient (Wildman–Crippen LogP) is 1.77. The minimum absolute atomic E-state index is 0.0129. The third kappa shape index (κ3) is 3.61. The number of pyridine rings is 1. The quantitative estimate of drug-likeness (QED) is 0.907. The van der Waals surface area contributed by atoms with Crippen LogP contribution in [0.4, 0.5) is 0 Å². The van der Waals surface area contributed by atoms with Gasteiger partial charge in [-0.2, -0.15) is 0 Å². The number of carbonyl (C=O) groups is 1. The van der Waals surface area contributed by atoms with Crippen LogP contribution in [-0.2, 0) is 11.3 Å². The average Bonchev–Trinajstić information content (AvgIpc) is 3.18. The largest absolute Gasteiger partial charge is 0.472 e. The molecule has 0 aliphatic carbocycles. The molecule has 21 heavy (non-hydrogen) atoms. The Morgan fingerprint density at radius 3 is 3.19 bits per heavy atom. The summed E-state index contributed by atoms with van der Waals surface area (Å²) in [6, 6.07) is 6.87. The SMILES string of the molecule is O=C(NCc1ccco1)c1ccnc(O[C@H]2CCOC2)c1. The molecule has 6 nitrogen and oxygen atoms in total. The molecular formula is C15H16N2O4. The molecule has 1 N–H and O–H groups in total. The van der Waals surface area contributed by atoms with Crippen molar-refractivity contribution in [3.05, 3.63) is 48.0 Å². The molecule has 1 atom stereocenters. The zero-order valence-corrected chi connectivity index (χ0v) is 11.5. The fraction of sp³-hybridized carbons (Fsp3) is 0.333. The first-order valence-electron chi connectivity index (χ1n) is 6.82. The van der Waals surface area contributed by atoms with E-state index in [-0.39, 0.29) is 12.0 Å². The second-order valence-corrected chi connectivity index (χ2v) is 4.75. The molecule has 110 valence electrons. The van der Waals surface area contributed by atoms with Crippen molar-refractivity contribution in [2.24, 2.45) is 0 Å². The highest BCUT2D eigenvalue weighted by Crippen LogP contribution is 2.15. The molecule has 1 saturated heterocycles. The first-order valence-corrected chi connectivity index (χ1v) is 6.82. The lowest BCUT2D eigenvalue weighted by atomic mass is 10.2. The van der Waals surface area contributed by atoms with Gasteiger partial charge in [-0.05, 0) is 18.2 Å². The van der Waals surface area contributed by atoms with E-state index in [1.807, 2.05) is 6.07 Å². The summed E-state index contributed by atoms with van der Waals surface area (Å²) in [7, 11) is 0. The van der Waals surface area contributed by atoms with Crippen molar-refractivity contribution in [1.82, 2.24) is 10.3 Å². The van der Waals surface area contributed by atoms with Gasteiger partial charge in [0.1, 0.15) is 11.9 Å². The van der Waals surface area contributed by atoms with Crippen LogP contribution < -0.4 is 10.1 Å². The lowest BCUT2D eigenvalue weighted by molar-refractivity contribution is 0.0946. The summed E-state index contributed by atoms with van der Waals surface area (Å²) < 4.78 is 16.1. The van der Waals surface area contributed by atoms with E-state index >= 15 is 0 Å². The van der Waals surface area contributed by atoms with Crippen molar-refractivity contribution in [2.75, 3.05) is 13.2 Å². The van der Waals surface area contributed by atoms with E-state index in [0.717, 1.165) is 6.42 Å². The fourth-order valence-electron chi connectivity index (χ4n) is 2.07. The van der Waals surface area contributed by atoms with Crippen LogP contribution in [0.25, 0.3) is 0 Å². The third-order valence-electron chi connectivity index (χ3n) is 3.18. The van der Waals surface area contributed by atoms with Crippen LogP contribution in [0.5, 0.6) is 5.88 Å². The van der Waals surface area contributed by atoms with Crippen LogP contribution in [0.2, 0.25) is 0 Å². The molecule has 0 unspecified atom stereocenters. The Morgan fingerprint density at radius 2 is 2.43 bits per heavy atom. The van der Waals surface area contributed by atoms with Gasteiger partial charge in [0.15, 0.2) is 0 Å². The van der Waals surface area contributed by atoms with Gasteiger partial charge in [0.25, 0.3) is 5.91 Å². The van der Waals surface area contributed by atoms with Crippen molar-refractivity contribution in [3.8, 4) is 5.88 Å². The average molecular weight is 288 g/mol. The van der Waals surface area contributed by atoms with Crippen LogP contribution in [0.15, 0.2) is 41.1 Å². The van der Waals surface area contributed by atoms with E-state index in [1.165, 1.54) is 0 Å². The molecule has 0 spiro atoms. The van der Waals surface area contributed by atoms with E-state index in [2.05, 4.69) is 10.3 Å². The van der Waals surface area contributed by atoms with E-state index in [9.17, 15) is 4.79 Å². The molecule has 2 aromatic rings. The zero-order valence-electron chi connectivity index (χ0n) is 11.5. The van der Waals surface area contributed by atoms with Gasteiger partial charge < -0.3 is 19.2 Å².